The van der Waals surface area contributed by atoms with Gasteiger partial charge in [0.1, 0.15) is 0 Å². The van der Waals surface area contributed by atoms with Crippen LogP contribution >= 0.6 is 0 Å². The molecule has 0 bridgehead atoms. The number of nitrogens with zero attached hydrogens (tertiary/aromatic N) is 1. The largest absolute Gasteiger partial charge is 0.673 e. The van der Waals surface area contributed by atoms with Crippen molar-refractivity contribution < 1.29 is 21.7 Å². The van der Waals surface area contributed by atoms with Crippen LogP contribution in [-0.4, -0.2) is 25.5 Å². The Morgan fingerprint density at radius 1 is 1.15 bits per heavy atom. The molecule has 0 N–H and O–H groups in total. The van der Waals surface area contributed by atoms with Crippen LogP contribution in [0.25, 0.3) is 0 Å². The second-order valence-corrected chi connectivity index (χ2v) is 2.26. The van der Waals surface area contributed by atoms with E-state index in [1.54, 1.807) is 25.4 Å². The van der Waals surface area contributed by atoms with Gasteiger partial charge in [-0.2, -0.15) is 0 Å². The molecule has 1 nitrogen and oxygen atoms in total. The Morgan fingerprint density at radius 2 is 1.62 bits per heavy atom. The Hall–Kier alpha value is -1.01. The predicted molar refractivity (Wildman–Crippen MR) is 41.1 cm³/mol. The maximum atomic E-state index is 12.4. The van der Waals surface area contributed by atoms with Crippen LogP contribution in [0.1, 0.15) is 0 Å². The lowest BCUT2D eigenvalue weighted by Gasteiger charge is -2.17. The first kappa shape index (κ1) is 12.0. The lowest BCUT2D eigenvalue weighted by atomic mass is 10.3. The number of likely N-dealkylation sites (N-methyl/N-ethyl adjacent to an activating group) is 1. The standard InChI is InChI=1S/C6H8FN.BF4/c1-8-5-3-2-4-6(8)7;2-1(3,4)5/h2-6H,1H3;/q;-1. The Kier molecular flexibility index (Phi) is 4.51. The molecular formula is C6H8BF5N-. The van der Waals surface area contributed by atoms with Gasteiger partial charge in [0.05, 0.1) is 0 Å². The van der Waals surface area contributed by atoms with Gasteiger partial charge in [-0.05, 0) is 12.2 Å². The van der Waals surface area contributed by atoms with Gasteiger partial charge in [0, 0.05) is 13.2 Å². The van der Waals surface area contributed by atoms with Crippen molar-refractivity contribution in [3.8, 4) is 0 Å². The summed E-state index contributed by atoms with van der Waals surface area (Å²) in [6.07, 6.45) is 5.77. The number of alkyl halides is 1. The highest BCUT2D eigenvalue weighted by Gasteiger charge is 2.20. The SMILES string of the molecule is CN1C=CC=CC1F.F[B-](F)(F)F. The van der Waals surface area contributed by atoms with Gasteiger partial charge >= 0.3 is 7.25 Å². The van der Waals surface area contributed by atoms with Crippen molar-refractivity contribution >= 4 is 7.25 Å². The molecule has 7 heteroatoms. The van der Waals surface area contributed by atoms with Crippen LogP contribution in [0.15, 0.2) is 24.4 Å². The fourth-order valence-corrected chi connectivity index (χ4v) is 0.559. The van der Waals surface area contributed by atoms with Crippen LogP contribution in [-0.2, 0) is 0 Å². The lowest BCUT2D eigenvalue weighted by molar-refractivity contribution is 0.207. The molecule has 0 radical (unpaired) electrons. The summed E-state index contributed by atoms with van der Waals surface area (Å²) in [6, 6.07) is 0. The van der Waals surface area contributed by atoms with Gasteiger partial charge < -0.3 is 22.2 Å². The van der Waals surface area contributed by atoms with E-state index in [4.69, 9.17) is 0 Å². The van der Waals surface area contributed by atoms with Crippen LogP contribution in [0.5, 0.6) is 0 Å². The molecule has 1 rings (SSSR count). The van der Waals surface area contributed by atoms with Gasteiger partial charge in [-0.1, -0.05) is 6.08 Å². The van der Waals surface area contributed by atoms with Crippen LogP contribution in [0.2, 0.25) is 0 Å². The summed E-state index contributed by atoms with van der Waals surface area (Å²) in [5, 5.41) is 0. The zero-order chi connectivity index (χ0) is 10.5. The Morgan fingerprint density at radius 3 is 1.85 bits per heavy atom. The van der Waals surface area contributed by atoms with Crippen molar-refractivity contribution in [2.24, 2.45) is 0 Å². The topological polar surface area (TPSA) is 3.24 Å². The summed E-state index contributed by atoms with van der Waals surface area (Å²) in [5.41, 5.74) is 0. The molecule has 0 amide bonds. The minimum atomic E-state index is -6.00. The molecule has 0 saturated heterocycles. The highest BCUT2D eigenvalue weighted by Crippen LogP contribution is 2.06. The van der Waals surface area contributed by atoms with Crippen molar-refractivity contribution in [2.45, 2.75) is 6.30 Å². The molecule has 0 fully saturated rings. The molecule has 1 aliphatic heterocycles. The van der Waals surface area contributed by atoms with E-state index in [0.29, 0.717) is 0 Å². The Labute approximate surface area is 72.6 Å². The van der Waals surface area contributed by atoms with E-state index in [2.05, 4.69) is 0 Å². The zero-order valence-electron chi connectivity index (χ0n) is 6.80. The van der Waals surface area contributed by atoms with E-state index < -0.39 is 13.6 Å². The van der Waals surface area contributed by atoms with Gasteiger partial charge in [-0.15, -0.1) is 0 Å². The monoisotopic (exact) mass is 200 g/mol. The number of halogens is 5. The van der Waals surface area contributed by atoms with Gasteiger partial charge in [0.2, 0.25) is 0 Å². The quantitative estimate of drug-likeness (QED) is 0.330. The van der Waals surface area contributed by atoms with E-state index in [1.165, 1.54) is 11.0 Å². The van der Waals surface area contributed by atoms with Crippen molar-refractivity contribution in [3.05, 3.63) is 24.4 Å². The Balaban J connectivity index is 0.000000252. The normalized spacial score (nSPS) is 21.1. The third-order valence-corrected chi connectivity index (χ3v) is 1.09. The van der Waals surface area contributed by atoms with Crippen LogP contribution in [0.3, 0.4) is 0 Å². The van der Waals surface area contributed by atoms with Gasteiger partial charge in [-0.3, -0.25) is 0 Å². The lowest BCUT2D eigenvalue weighted by Crippen LogP contribution is -2.21. The second kappa shape index (κ2) is 4.88. The van der Waals surface area contributed by atoms with E-state index in [9.17, 15) is 21.7 Å². The first-order chi connectivity index (χ1) is 5.80. The molecule has 0 aromatic heterocycles. The smallest absolute Gasteiger partial charge is 0.418 e. The minimum Gasteiger partial charge on any atom is -0.418 e. The first-order valence-corrected chi connectivity index (χ1v) is 3.39. The molecular weight excluding hydrogens is 192 g/mol. The maximum absolute atomic E-state index is 12.4. The zero-order valence-corrected chi connectivity index (χ0v) is 6.80. The van der Waals surface area contributed by atoms with Gasteiger partial charge in [-0.25, -0.2) is 4.39 Å². The Bertz CT molecular complexity index is 178. The number of hydrogen-bond donors (Lipinski definition) is 0. The molecule has 1 aliphatic rings. The van der Waals surface area contributed by atoms with E-state index in [-0.39, 0.29) is 0 Å². The van der Waals surface area contributed by atoms with Crippen molar-refractivity contribution in [2.75, 3.05) is 7.05 Å². The summed E-state index contributed by atoms with van der Waals surface area (Å²) in [5.74, 6) is 0. The molecule has 0 aromatic carbocycles. The summed E-state index contributed by atoms with van der Waals surface area (Å²) in [6.45, 7) is 0. The molecule has 0 spiro atoms. The second-order valence-electron chi connectivity index (χ2n) is 2.26. The maximum Gasteiger partial charge on any atom is 0.673 e. The number of rotatable bonds is 0. The van der Waals surface area contributed by atoms with E-state index >= 15 is 0 Å². The summed E-state index contributed by atoms with van der Waals surface area (Å²) in [4.78, 5) is 1.50. The summed E-state index contributed by atoms with van der Waals surface area (Å²) >= 11 is 0. The van der Waals surface area contributed by atoms with Crippen molar-refractivity contribution in [3.63, 3.8) is 0 Å². The van der Waals surface area contributed by atoms with Crippen LogP contribution in [0, 0.1) is 0 Å². The molecule has 1 unspecified atom stereocenters. The first-order valence-electron chi connectivity index (χ1n) is 3.39. The number of allylic oxidation sites excluding steroid dienone is 2. The molecule has 76 valence electrons. The van der Waals surface area contributed by atoms with Gasteiger partial charge in [0.25, 0.3) is 0 Å². The van der Waals surface area contributed by atoms with Crippen LogP contribution in [0.4, 0.5) is 21.7 Å². The van der Waals surface area contributed by atoms with Crippen LogP contribution < -0.4 is 0 Å². The fraction of sp³-hybridized carbons (Fsp3) is 0.333. The molecule has 1 heterocycles. The highest BCUT2D eigenvalue weighted by molar-refractivity contribution is 6.50. The summed E-state index contributed by atoms with van der Waals surface area (Å²) < 4.78 is 51.4. The van der Waals surface area contributed by atoms with Crippen molar-refractivity contribution in [1.82, 2.24) is 4.90 Å². The molecule has 0 aliphatic carbocycles. The van der Waals surface area contributed by atoms with E-state index in [1.807, 2.05) is 0 Å². The fourth-order valence-electron chi connectivity index (χ4n) is 0.559. The average molecular weight is 200 g/mol. The summed E-state index contributed by atoms with van der Waals surface area (Å²) in [7, 11) is -4.30. The molecule has 1 atom stereocenters. The van der Waals surface area contributed by atoms with Crippen molar-refractivity contribution in [1.29, 1.82) is 0 Å². The minimum absolute atomic E-state index is 0.931. The number of hydrogen-bond acceptors (Lipinski definition) is 1. The molecule has 0 aromatic rings. The predicted octanol–water partition coefficient (Wildman–Crippen LogP) is 2.60. The highest BCUT2D eigenvalue weighted by atomic mass is 19.5. The average Bonchev–Trinajstić information content (AvgIpc) is 1.92. The van der Waals surface area contributed by atoms with E-state index in [0.717, 1.165) is 0 Å². The third-order valence-electron chi connectivity index (χ3n) is 1.09. The van der Waals surface area contributed by atoms with Gasteiger partial charge in [0.15, 0.2) is 6.30 Å². The molecule has 13 heavy (non-hydrogen) atoms. The third kappa shape index (κ3) is 8.90. The molecule has 0 saturated carbocycles.